The Balaban J connectivity index is 2.01. The van der Waals surface area contributed by atoms with Gasteiger partial charge in [-0.05, 0) is 66.9 Å². The van der Waals surface area contributed by atoms with E-state index in [-0.39, 0.29) is 35.1 Å². The van der Waals surface area contributed by atoms with E-state index in [1.807, 2.05) is 36.4 Å². The third kappa shape index (κ3) is 4.66. The summed E-state index contributed by atoms with van der Waals surface area (Å²) < 4.78 is 6.33. The Hall–Kier alpha value is -1.90. The van der Waals surface area contributed by atoms with Crippen LogP contribution in [0.4, 0.5) is 0 Å². The van der Waals surface area contributed by atoms with Gasteiger partial charge >= 0.3 is 5.97 Å². The number of hydrogen-bond donors (Lipinski definition) is 0. The highest BCUT2D eigenvalue weighted by atomic mass is 16.5. The van der Waals surface area contributed by atoms with Gasteiger partial charge in [0, 0.05) is 17.4 Å². The summed E-state index contributed by atoms with van der Waals surface area (Å²) in [5.74, 6) is 1.40. The van der Waals surface area contributed by atoms with Crippen LogP contribution in [-0.4, -0.2) is 17.9 Å². The zero-order valence-corrected chi connectivity index (χ0v) is 20.4. The van der Waals surface area contributed by atoms with Crippen molar-refractivity contribution < 1.29 is 14.3 Å². The first-order valence-corrected chi connectivity index (χ1v) is 11.9. The molecule has 170 valence electrons. The Morgan fingerprint density at radius 2 is 1.74 bits per heavy atom. The lowest BCUT2D eigenvalue weighted by Gasteiger charge is -2.50. The normalized spacial score (nSPS) is 35.0. The molecule has 2 aliphatic carbocycles. The maximum atomic E-state index is 13.1. The van der Waals surface area contributed by atoms with Gasteiger partial charge in [-0.15, -0.1) is 0 Å². The summed E-state index contributed by atoms with van der Waals surface area (Å²) in [4.78, 5) is 26.1. The molecule has 2 aliphatic rings. The van der Waals surface area contributed by atoms with Crippen LogP contribution >= 0.6 is 0 Å². The fourth-order valence-electron chi connectivity index (χ4n) is 7.07. The summed E-state index contributed by atoms with van der Waals surface area (Å²) in [5.41, 5.74) is 0.440. The molecule has 2 fully saturated rings. The van der Waals surface area contributed by atoms with Crippen LogP contribution in [0.2, 0.25) is 0 Å². The number of Topliss-reactive ketones (excluding diaryl/α,β-unsaturated/α-hetero) is 1. The van der Waals surface area contributed by atoms with Crippen LogP contribution in [0, 0.1) is 40.4 Å². The lowest BCUT2D eigenvalue weighted by Crippen LogP contribution is -2.53. The highest BCUT2D eigenvalue weighted by Gasteiger charge is 2.60. The first kappa shape index (κ1) is 23.8. The average molecular weight is 425 g/mol. The number of ether oxygens (including phenoxy) is 1. The zero-order valence-electron chi connectivity index (χ0n) is 20.4. The Morgan fingerprint density at radius 3 is 2.32 bits per heavy atom. The molecular formula is C28H40O3. The topological polar surface area (TPSA) is 43.4 Å². The SMILES string of the molecule is CC(=O)[C@H]1C(C)(C)C[C@@H]2C[C@H](C)C[C@@H]2[C@H](OC(=O)/C=C\c2ccccc2)[C@]1(C)C(C)C. The van der Waals surface area contributed by atoms with E-state index in [2.05, 4.69) is 41.5 Å². The Kier molecular flexibility index (Phi) is 6.84. The van der Waals surface area contributed by atoms with E-state index in [1.165, 1.54) is 0 Å². The third-order valence-electron chi connectivity index (χ3n) is 8.28. The van der Waals surface area contributed by atoms with Crippen molar-refractivity contribution in [3.8, 4) is 0 Å². The number of rotatable bonds is 5. The van der Waals surface area contributed by atoms with Crippen LogP contribution in [0.25, 0.3) is 6.08 Å². The van der Waals surface area contributed by atoms with E-state index in [9.17, 15) is 9.59 Å². The molecule has 0 N–H and O–H groups in total. The van der Waals surface area contributed by atoms with Gasteiger partial charge in [0.25, 0.3) is 0 Å². The fraction of sp³-hybridized carbons (Fsp3) is 0.643. The molecule has 1 aromatic rings. The minimum absolute atomic E-state index is 0.126. The Bertz CT molecular complexity index is 822. The third-order valence-corrected chi connectivity index (χ3v) is 8.28. The number of fused-ring (bicyclic) bond motifs is 1. The van der Waals surface area contributed by atoms with Gasteiger partial charge in [0.05, 0.1) is 0 Å². The summed E-state index contributed by atoms with van der Waals surface area (Å²) in [6.45, 7) is 15.1. The Morgan fingerprint density at radius 1 is 1.10 bits per heavy atom. The van der Waals surface area contributed by atoms with Crippen LogP contribution < -0.4 is 0 Å². The van der Waals surface area contributed by atoms with Gasteiger partial charge < -0.3 is 4.74 Å². The van der Waals surface area contributed by atoms with Gasteiger partial charge in [0.15, 0.2) is 0 Å². The molecule has 3 heteroatoms. The molecule has 6 atom stereocenters. The summed E-state index contributed by atoms with van der Waals surface area (Å²) in [6, 6.07) is 9.81. The number of esters is 1. The molecule has 0 saturated heterocycles. The predicted octanol–water partition coefficient (Wildman–Crippen LogP) is 6.57. The van der Waals surface area contributed by atoms with E-state index in [0.717, 1.165) is 24.8 Å². The molecule has 0 unspecified atom stereocenters. The Labute approximate surface area is 188 Å². The monoisotopic (exact) mass is 424 g/mol. The average Bonchev–Trinajstić information content (AvgIpc) is 3.00. The highest BCUT2D eigenvalue weighted by Crippen LogP contribution is 2.60. The molecule has 0 aromatic heterocycles. The van der Waals surface area contributed by atoms with Crippen LogP contribution in [0.5, 0.6) is 0 Å². The largest absolute Gasteiger partial charge is 0.458 e. The molecule has 3 rings (SSSR count). The second-order valence-corrected chi connectivity index (χ2v) is 11.4. The minimum Gasteiger partial charge on any atom is -0.458 e. The molecule has 0 bridgehead atoms. The molecule has 0 aliphatic heterocycles. The van der Waals surface area contributed by atoms with E-state index >= 15 is 0 Å². The van der Waals surface area contributed by atoms with Crippen LogP contribution in [0.1, 0.15) is 73.3 Å². The van der Waals surface area contributed by atoms with Crippen molar-refractivity contribution in [2.24, 2.45) is 40.4 Å². The van der Waals surface area contributed by atoms with Crippen molar-refractivity contribution >= 4 is 17.8 Å². The van der Waals surface area contributed by atoms with Crippen molar-refractivity contribution in [1.82, 2.24) is 0 Å². The van der Waals surface area contributed by atoms with Crippen molar-refractivity contribution in [1.29, 1.82) is 0 Å². The summed E-state index contributed by atoms with van der Waals surface area (Å²) >= 11 is 0. The lowest BCUT2D eigenvalue weighted by atomic mass is 9.55. The molecule has 31 heavy (non-hydrogen) atoms. The lowest BCUT2D eigenvalue weighted by molar-refractivity contribution is -0.169. The standard InChI is InChI=1S/C28H40O3/c1-18(2)28(7)25(20(4)29)27(5,6)17-22-15-19(3)16-23(22)26(28)31-24(30)14-13-21-11-9-8-10-12-21/h8-14,18-19,22-23,25-26H,15-17H2,1-7H3/b14-13-/t19-,22-,23-,25-,26-,28+/m0/s1. The van der Waals surface area contributed by atoms with Gasteiger partial charge in [-0.1, -0.05) is 71.9 Å². The second kappa shape index (κ2) is 8.92. The molecule has 0 spiro atoms. The number of ketones is 1. The van der Waals surface area contributed by atoms with Crippen molar-refractivity contribution in [2.75, 3.05) is 0 Å². The minimum atomic E-state index is -0.408. The van der Waals surface area contributed by atoms with Crippen molar-refractivity contribution in [3.63, 3.8) is 0 Å². The van der Waals surface area contributed by atoms with Gasteiger partial charge in [0.1, 0.15) is 11.9 Å². The van der Waals surface area contributed by atoms with E-state index in [4.69, 9.17) is 4.74 Å². The summed E-state index contributed by atoms with van der Waals surface area (Å²) in [5, 5.41) is 0. The highest BCUT2D eigenvalue weighted by molar-refractivity contribution is 5.87. The van der Waals surface area contributed by atoms with Crippen molar-refractivity contribution in [3.05, 3.63) is 42.0 Å². The number of hydrogen-bond acceptors (Lipinski definition) is 3. The maximum absolute atomic E-state index is 13.1. The summed E-state index contributed by atoms with van der Waals surface area (Å²) in [7, 11) is 0. The molecule has 0 heterocycles. The van der Waals surface area contributed by atoms with E-state index in [1.54, 1.807) is 13.0 Å². The summed E-state index contributed by atoms with van der Waals surface area (Å²) in [6.07, 6.45) is 6.33. The first-order chi connectivity index (χ1) is 14.5. The molecule has 3 nitrogen and oxygen atoms in total. The van der Waals surface area contributed by atoms with E-state index in [0.29, 0.717) is 17.8 Å². The molecule has 0 amide bonds. The van der Waals surface area contributed by atoms with Gasteiger partial charge in [-0.3, -0.25) is 4.79 Å². The molecular weight excluding hydrogens is 384 g/mol. The van der Waals surface area contributed by atoms with Gasteiger partial charge in [-0.25, -0.2) is 4.79 Å². The number of carbonyl (C=O) groups excluding carboxylic acids is 2. The van der Waals surface area contributed by atoms with Crippen LogP contribution in [0.3, 0.4) is 0 Å². The predicted molar refractivity (Wildman–Crippen MR) is 126 cm³/mol. The van der Waals surface area contributed by atoms with Gasteiger partial charge in [0.2, 0.25) is 0 Å². The number of carbonyl (C=O) groups is 2. The molecule has 2 saturated carbocycles. The quantitative estimate of drug-likeness (QED) is 0.396. The van der Waals surface area contributed by atoms with Crippen LogP contribution in [0.15, 0.2) is 36.4 Å². The number of benzene rings is 1. The van der Waals surface area contributed by atoms with Crippen molar-refractivity contribution in [2.45, 2.75) is 73.8 Å². The fourth-order valence-corrected chi connectivity index (χ4v) is 7.07. The van der Waals surface area contributed by atoms with E-state index < -0.39 is 5.41 Å². The van der Waals surface area contributed by atoms with Crippen LogP contribution in [-0.2, 0) is 14.3 Å². The molecule has 1 aromatic carbocycles. The smallest absolute Gasteiger partial charge is 0.331 e. The second-order valence-electron chi connectivity index (χ2n) is 11.4. The first-order valence-electron chi connectivity index (χ1n) is 11.9. The zero-order chi connectivity index (χ0) is 23.0. The van der Waals surface area contributed by atoms with Gasteiger partial charge in [-0.2, -0.15) is 0 Å². The maximum Gasteiger partial charge on any atom is 0.331 e. The molecule has 0 radical (unpaired) electrons.